The highest BCUT2D eigenvalue weighted by Crippen LogP contribution is 2.29. The van der Waals surface area contributed by atoms with Gasteiger partial charge in [0.05, 0.1) is 7.05 Å². The van der Waals surface area contributed by atoms with Gasteiger partial charge in [-0.25, -0.2) is 0 Å². The van der Waals surface area contributed by atoms with Crippen molar-refractivity contribution in [2.24, 2.45) is 11.8 Å². The zero-order valence-electron chi connectivity index (χ0n) is 14.9. The fourth-order valence-corrected chi connectivity index (χ4v) is 3.88. The van der Waals surface area contributed by atoms with Crippen LogP contribution in [0.4, 0.5) is 0 Å². The zero-order valence-corrected chi connectivity index (χ0v) is 15.7. The Morgan fingerprint density at radius 2 is 1.96 bits per heavy atom. The normalized spacial score (nSPS) is 25.8. The average Bonchev–Trinajstić information content (AvgIpc) is 2.52. The topological polar surface area (TPSA) is 33.5 Å². The summed E-state index contributed by atoms with van der Waals surface area (Å²) in [5.41, 5.74) is 1.28. The molecule has 1 fully saturated rings. The van der Waals surface area contributed by atoms with Gasteiger partial charge in [0, 0.05) is 16.5 Å². The van der Waals surface area contributed by atoms with Crippen LogP contribution >= 0.6 is 11.8 Å². The Morgan fingerprint density at radius 1 is 1.26 bits per heavy atom. The van der Waals surface area contributed by atoms with Gasteiger partial charge in [-0.2, -0.15) is 0 Å². The van der Waals surface area contributed by atoms with Gasteiger partial charge in [0.15, 0.2) is 6.54 Å². The van der Waals surface area contributed by atoms with E-state index < -0.39 is 0 Å². The summed E-state index contributed by atoms with van der Waals surface area (Å²) in [5.74, 6) is 1.50. The first-order chi connectivity index (χ1) is 11.0. The van der Waals surface area contributed by atoms with Gasteiger partial charge >= 0.3 is 0 Å². The standard InChI is InChI=1S/C19H30N2OS/c1-14-6-5-7-18(15(14)2)20-19(22)13-21(3)12-16-8-10-17(23-4)11-9-16/h8-11,14-15,18H,5-7,12-13H2,1-4H3,(H,20,22)/p+1/t14-,15+,18+/m0/s1. The molecule has 2 rings (SSSR count). The molecule has 0 aromatic heterocycles. The van der Waals surface area contributed by atoms with Crippen LogP contribution in [0.1, 0.15) is 38.7 Å². The molecule has 0 bridgehead atoms. The second-order valence-corrected chi connectivity index (χ2v) is 7.98. The van der Waals surface area contributed by atoms with E-state index in [9.17, 15) is 4.79 Å². The molecule has 1 aromatic rings. The van der Waals surface area contributed by atoms with Gasteiger partial charge in [-0.1, -0.05) is 38.8 Å². The lowest BCUT2D eigenvalue weighted by molar-refractivity contribution is -0.885. The molecule has 4 heteroatoms. The van der Waals surface area contributed by atoms with Crippen LogP contribution in [0.2, 0.25) is 0 Å². The molecule has 3 nitrogen and oxygen atoms in total. The van der Waals surface area contributed by atoms with Gasteiger partial charge in [-0.05, 0) is 36.6 Å². The van der Waals surface area contributed by atoms with E-state index in [1.165, 1.54) is 28.2 Å². The quantitative estimate of drug-likeness (QED) is 0.783. The molecule has 1 unspecified atom stereocenters. The van der Waals surface area contributed by atoms with Gasteiger partial charge in [0.1, 0.15) is 6.54 Å². The van der Waals surface area contributed by atoms with Crippen molar-refractivity contribution in [3.63, 3.8) is 0 Å². The lowest BCUT2D eigenvalue weighted by Crippen LogP contribution is -3.09. The van der Waals surface area contributed by atoms with Crippen LogP contribution in [-0.2, 0) is 11.3 Å². The van der Waals surface area contributed by atoms with Gasteiger partial charge in [-0.15, -0.1) is 11.8 Å². The van der Waals surface area contributed by atoms with E-state index in [4.69, 9.17) is 0 Å². The van der Waals surface area contributed by atoms with Crippen LogP contribution in [0.3, 0.4) is 0 Å². The fourth-order valence-electron chi connectivity index (χ4n) is 3.47. The number of amides is 1. The average molecular weight is 336 g/mol. The SMILES string of the molecule is CSc1ccc(C[NH+](C)CC(=O)N[C@@H]2CCC[C@H](C)[C@H]2C)cc1. The fraction of sp³-hybridized carbons (Fsp3) is 0.632. The molecule has 1 aliphatic rings. The highest BCUT2D eigenvalue weighted by atomic mass is 32.2. The molecule has 1 aliphatic carbocycles. The summed E-state index contributed by atoms with van der Waals surface area (Å²) in [7, 11) is 2.09. The van der Waals surface area contributed by atoms with Crippen LogP contribution in [0, 0.1) is 11.8 Å². The third kappa shape index (κ3) is 5.54. The number of thioether (sulfide) groups is 1. The molecule has 0 heterocycles. The van der Waals surface area contributed by atoms with Gasteiger partial charge < -0.3 is 10.2 Å². The van der Waals surface area contributed by atoms with Gasteiger partial charge in [-0.3, -0.25) is 4.79 Å². The minimum absolute atomic E-state index is 0.189. The summed E-state index contributed by atoms with van der Waals surface area (Å²) in [6.07, 6.45) is 5.75. The molecule has 1 saturated carbocycles. The first kappa shape index (κ1) is 18.3. The summed E-state index contributed by atoms with van der Waals surface area (Å²) >= 11 is 1.76. The maximum atomic E-state index is 12.3. The van der Waals surface area contributed by atoms with Crippen molar-refractivity contribution in [2.75, 3.05) is 19.8 Å². The predicted octanol–water partition coefficient (Wildman–Crippen LogP) is 2.36. The minimum atomic E-state index is 0.189. The lowest BCUT2D eigenvalue weighted by atomic mass is 9.78. The number of likely N-dealkylation sites (N-methyl/N-ethyl adjacent to an activating group) is 1. The molecule has 0 aliphatic heterocycles. The molecule has 0 spiro atoms. The minimum Gasteiger partial charge on any atom is -0.348 e. The molecule has 23 heavy (non-hydrogen) atoms. The molecule has 4 atom stereocenters. The highest BCUT2D eigenvalue weighted by Gasteiger charge is 2.28. The molecular weight excluding hydrogens is 304 g/mol. The largest absolute Gasteiger partial charge is 0.348 e. The van der Waals surface area contributed by atoms with Crippen molar-refractivity contribution in [3.05, 3.63) is 29.8 Å². The molecule has 128 valence electrons. The van der Waals surface area contributed by atoms with Crippen molar-refractivity contribution < 1.29 is 9.69 Å². The molecule has 0 radical (unpaired) electrons. The number of nitrogens with one attached hydrogen (secondary N) is 2. The second-order valence-electron chi connectivity index (χ2n) is 7.10. The van der Waals surface area contributed by atoms with Crippen LogP contribution in [0.25, 0.3) is 0 Å². The summed E-state index contributed by atoms with van der Waals surface area (Å²) < 4.78 is 0. The maximum absolute atomic E-state index is 12.3. The van der Waals surface area contributed by atoms with Crippen molar-refractivity contribution >= 4 is 17.7 Å². The summed E-state index contributed by atoms with van der Waals surface area (Å²) in [4.78, 5) is 14.8. The highest BCUT2D eigenvalue weighted by molar-refractivity contribution is 7.98. The Bertz CT molecular complexity index is 503. The number of carbonyl (C=O) groups is 1. The maximum Gasteiger partial charge on any atom is 0.275 e. The molecule has 1 amide bonds. The second kappa shape index (κ2) is 8.74. The zero-order chi connectivity index (χ0) is 16.8. The number of hydrogen-bond acceptors (Lipinski definition) is 2. The third-order valence-electron chi connectivity index (χ3n) is 5.18. The summed E-state index contributed by atoms with van der Waals surface area (Å²) in [5, 5.41) is 3.27. The predicted molar refractivity (Wildman–Crippen MR) is 97.8 cm³/mol. The van der Waals surface area contributed by atoms with Crippen molar-refractivity contribution in [3.8, 4) is 0 Å². The van der Waals surface area contributed by atoms with Crippen molar-refractivity contribution in [2.45, 2.75) is 50.6 Å². The Morgan fingerprint density at radius 3 is 2.61 bits per heavy atom. The van der Waals surface area contributed by atoms with Gasteiger partial charge in [0.2, 0.25) is 0 Å². The number of carbonyl (C=O) groups excluding carboxylic acids is 1. The summed E-state index contributed by atoms with van der Waals surface area (Å²) in [6.45, 7) is 6.01. The van der Waals surface area contributed by atoms with Crippen molar-refractivity contribution in [1.29, 1.82) is 0 Å². The van der Waals surface area contributed by atoms with Crippen LogP contribution in [0.15, 0.2) is 29.2 Å². The van der Waals surface area contributed by atoms with Crippen LogP contribution in [-0.4, -0.2) is 31.8 Å². The molecule has 2 N–H and O–H groups in total. The monoisotopic (exact) mass is 335 g/mol. The number of benzene rings is 1. The van der Waals surface area contributed by atoms with E-state index in [2.05, 4.69) is 56.7 Å². The van der Waals surface area contributed by atoms with E-state index in [1.807, 2.05) is 0 Å². The molecule has 0 saturated heterocycles. The number of quaternary nitrogens is 1. The lowest BCUT2D eigenvalue weighted by Gasteiger charge is -2.34. The Labute approximate surface area is 145 Å². The first-order valence-corrected chi connectivity index (χ1v) is 9.95. The first-order valence-electron chi connectivity index (χ1n) is 8.73. The Balaban J connectivity index is 1.79. The van der Waals surface area contributed by atoms with Gasteiger partial charge in [0.25, 0.3) is 5.91 Å². The molecule has 1 aromatic carbocycles. The smallest absolute Gasteiger partial charge is 0.275 e. The number of rotatable bonds is 6. The summed E-state index contributed by atoms with van der Waals surface area (Å²) in [6, 6.07) is 8.99. The van der Waals surface area contributed by atoms with Crippen LogP contribution < -0.4 is 10.2 Å². The van der Waals surface area contributed by atoms with E-state index in [0.717, 1.165) is 13.0 Å². The van der Waals surface area contributed by atoms with E-state index in [1.54, 1.807) is 11.8 Å². The Hall–Kier alpha value is -1.00. The van der Waals surface area contributed by atoms with Crippen molar-refractivity contribution in [1.82, 2.24) is 5.32 Å². The Kier molecular flexibility index (Phi) is 6.97. The van der Waals surface area contributed by atoms with E-state index in [0.29, 0.717) is 24.4 Å². The number of hydrogen-bond donors (Lipinski definition) is 2. The van der Waals surface area contributed by atoms with E-state index in [-0.39, 0.29) is 5.91 Å². The van der Waals surface area contributed by atoms with Crippen LogP contribution in [0.5, 0.6) is 0 Å². The third-order valence-corrected chi connectivity index (χ3v) is 5.92. The van der Waals surface area contributed by atoms with E-state index >= 15 is 0 Å². The molecular formula is C19H31N2OS+.